The molecule has 0 atom stereocenters. The highest BCUT2D eigenvalue weighted by Crippen LogP contribution is 2.25. The third kappa shape index (κ3) is 5.81. The molecule has 1 aromatic heterocycles. The molecule has 0 spiro atoms. The van der Waals surface area contributed by atoms with E-state index in [9.17, 15) is 0 Å². The quantitative estimate of drug-likeness (QED) is 0.529. The summed E-state index contributed by atoms with van der Waals surface area (Å²) in [5, 5.41) is 7.10. The van der Waals surface area contributed by atoms with Crippen LogP contribution in [0.3, 0.4) is 0 Å². The molecular formula is C22H26ClN5O. The fourth-order valence-electron chi connectivity index (χ4n) is 2.68. The second kappa shape index (κ2) is 9.09. The monoisotopic (exact) mass is 411 g/mol. The summed E-state index contributed by atoms with van der Waals surface area (Å²) in [4.78, 5) is 13.1. The Labute approximate surface area is 176 Å². The highest BCUT2D eigenvalue weighted by atomic mass is 35.5. The maximum Gasteiger partial charge on any atom is 0.323 e. The SMILES string of the molecule is CCOc1nc(NCc2ccccc2Cl)nc(Nc2ccc(C(C)(C)C)cc2)n1. The molecule has 2 aromatic carbocycles. The van der Waals surface area contributed by atoms with Gasteiger partial charge in [0.05, 0.1) is 6.61 Å². The molecule has 0 saturated carbocycles. The summed E-state index contributed by atoms with van der Waals surface area (Å²) in [5.74, 6) is 0.825. The Hall–Kier alpha value is -2.86. The van der Waals surface area contributed by atoms with Crippen LogP contribution in [0.15, 0.2) is 48.5 Å². The van der Waals surface area contributed by atoms with Gasteiger partial charge in [-0.2, -0.15) is 15.0 Å². The molecule has 0 fully saturated rings. The van der Waals surface area contributed by atoms with Crippen LogP contribution >= 0.6 is 11.6 Å². The van der Waals surface area contributed by atoms with Gasteiger partial charge in [-0.05, 0) is 41.7 Å². The van der Waals surface area contributed by atoms with Crippen molar-refractivity contribution in [2.75, 3.05) is 17.2 Å². The Morgan fingerprint density at radius 1 is 0.931 bits per heavy atom. The van der Waals surface area contributed by atoms with E-state index < -0.39 is 0 Å². The molecule has 0 radical (unpaired) electrons. The highest BCUT2D eigenvalue weighted by Gasteiger charge is 2.13. The van der Waals surface area contributed by atoms with Crippen LogP contribution < -0.4 is 15.4 Å². The van der Waals surface area contributed by atoms with Crippen LogP contribution in [0.5, 0.6) is 6.01 Å². The number of rotatable bonds is 7. The predicted octanol–water partition coefficient (Wildman–Crippen LogP) is 5.58. The maximum atomic E-state index is 6.22. The van der Waals surface area contributed by atoms with Crippen LogP contribution in [-0.2, 0) is 12.0 Å². The van der Waals surface area contributed by atoms with E-state index in [0.717, 1.165) is 11.3 Å². The van der Waals surface area contributed by atoms with Gasteiger partial charge in [0.25, 0.3) is 0 Å². The van der Waals surface area contributed by atoms with Gasteiger partial charge in [0.15, 0.2) is 0 Å². The van der Waals surface area contributed by atoms with Gasteiger partial charge < -0.3 is 15.4 Å². The van der Waals surface area contributed by atoms with Crippen LogP contribution in [0.25, 0.3) is 0 Å². The lowest BCUT2D eigenvalue weighted by molar-refractivity contribution is 0.312. The highest BCUT2D eigenvalue weighted by molar-refractivity contribution is 6.31. The number of anilines is 3. The lowest BCUT2D eigenvalue weighted by atomic mass is 9.87. The normalized spacial score (nSPS) is 11.2. The van der Waals surface area contributed by atoms with Crippen molar-refractivity contribution in [1.82, 2.24) is 15.0 Å². The van der Waals surface area contributed by atoms with Crippen molar-refractivity contribution in [2.24, 2.45) is 0 Å². The van der Waals surface area contributed by atoms with E-state index in [1.165, 1.54) is 5.56 Å². The van der Waals surface area contributed by atoms with Crippen LogP contribution in [0, 0.1) is 0 Å². The van der Waals surface area contributed by atoms with Crippen molar-refractivity contribution in [3.63, 3.8) is 0 Å². The van der Waals surface area contributed by atoms with Crippen molar-refractivity contribution < 1.29 is 4.74 Å². The topological polar surface area (TPSA) is 72.0 Å². The fourth-order valence-corrected chi connectivity index (χ4v) is 2.89. The lowest BCUT2D eigenvalue weighted by Crippen LogP contribution is -2.11. The Kier molecular flexibility index (Phi) is 6.54. The number of hydrogen-bond donors (Lipinski definition) is 2. The number of aromatic nitrogens is 3. The molecule has 1 heterocycles. The first-order chi connectivity index (χ1) is 13.8. The number of hydrogen-bond acceptors (Lipinski definition) is 6. The molecular weight excluding hydrogens is 386 g/mol. The molecule has 0 aliphatic heterocycles. The van der Waals surface area contributed by atoms with Gasteiger partial charge >= 0.3 is 6.01 Å². The summed E-state index contributed by atoms with van der Waals surface area (Å²) in [5.41, 5.74) is 3.21. The van der Waals surface area contributed by atoms with E-state index in [1.54, 1.807) is 0 Å². The average molecular weight is 412 g/mol. The van der Waals surface area contributed by atoms with E-state index in [0.29, 0.717) is 30.1 Å². The second-order valence-electron chi connectivity index (χ2n) is 7.60. The number of halogens is 1. The van der Waals surface area contributed by atoms with Crippen LogP contribution in [0.4, 0.5) is 17.6 Å². The van der Waals surface area contributed by atoms with Gasteiger partial charge in [-0.15, -0.1) is 0 Å². The Morgan fingerprint density at radius 3 is 2.28 bits per heavy atom. The molecule has 0 aliphatic rings. The fraction of sp³-hybridized carbons (Fsp3) is 0.318. The number of benzene rings is 2. The Morgan fingerprint density at radius 2 is 1.62 bits per heavy atom. The predicted molar refractivity (Wildman–Crippen MR) is 118 cm³/mol. The third-order valence-corrected chi connectivity index (χ3v) is 4.66. The van der Waals surface area contributed by atoms with E-state index in [2.05, 4.69) is 58.5 Å². The molecule has 0 amide bonds. The molecule has 2 N–H and O–H groups in total. The molecule has 3 aromatic rings. The molecule has 0 bridgehead atoms. The minimum Gasteiger partial charge on any atom is -0.464 e. The molecule has 29 heavy (non-hydrogen) atoms. The third-order valence-electron chi connectivity index (χ3n) is 4.29. The van der Waals surface area contributed by atoms with Gasteiger partial charge in [0.1, 0.15) is 0 Å². The Balaban J connectivity index is 1.78. The smallest absolute Gasteiger partial charge is 0.323 e. The molecule has 7 heteroatoms. The van der Waals surface area contributed by atoms with Gasteiger partial charge in [-0.1, -0.05) is 62.7 Å². The zero-order valence-corrected chi connectivity index (χ0v) is 17.9. The van der Waals surface area contributed by atoms with Crippen LogP contribution in [-0.4, -0.2) is 21.6 Å². The van der Waals surface area contributed by atoms with E-state index in [1.807, 2.05) is 43.3 Å². The summed E-state index contributed by atoms with van der Waals surface area (Å²) < 4.78 is 5.50. The van der Waals surface area contributed by atoms with Crippen molar-refractivity contribution in [3.05, 3.63) is 64.7 Å². The van der Waals surface area contributed by atoms with Gasteiger partial charge in [0.2, 0.25) is 11.9 Å². The average Bonchev–Trinajstić information content (AvgIpc) is 2.67. The van der Waals surface area contributed by atoms with Crippen LogP contribution in [0.2, 0.25) is 5.02 Å². The van der Waals surface area contributed by atoms with Crippen molar-refractivity contribution in [2.45, 2.75) is 39.7 Å². The summed E-state index contributed by atoms with van der Waals surface area (Å²) in [6, 6.07) is 16.1. The minimum absolute atomic E-state index is 0.101. The standard InChI is InChI=1S/C22H26ClN5O/c1-5-29-21-27-19(24-14-15-8-6-7-9-18(15)23)26-20(28-21)25-17-12-10-16(11-13-17)22(2,3)4/h6-13H,5,14H2,1-4H3,(H2,24,25,26,27,28). The first-order valence-electron chi connectivity index (χ1n) is 9.59. The number of nitrogens with one attached hydrogen (secondary N) is 2. The Bertz CT molecular complexity index is 954. The van der Waals surface area contributed by atoms with Crippen molar-refractivity contribution >= 4 is 29.2 Å². The second-order valence-corrected chi connectivity index (χ2v) is 8.00. The summed E-state index contributed by atoms with van der Waals surface area (Å²) in [6.45, 7) is 9.41. The van der Waals surface area contributed by atoms with Crippen molar-refractivity contribution in [3.8, 4) is 6.01 Å². The van der Waals surface area contributed by atoms with Gasteiger partial charge in [0, 0.05) is 17.3 Å². The zero-order chi connectivity index (χ0) is 20.9. The van der Waals surface area contributed by atoms with Gasteiger partial charge in [-0.25, -0.2) is 0 Å². The first kappa shape index (κ1) is 20.9. The molecule has 6 nitrogen and oxygen atoms in total. The van der Waals surface area contributed by atoms with Gasteiger partial charge in [-0.3, -0.25) is 0 Å². The van der Waals surface area contributed by atoms with E-state index in [4.69, 9.17) is 16.3 Å². The summed E-state index contributed by atoms with van der Waals surface area (Å²) in [7, 11) is 0. The maximum absolute atomic E-state index is 6.22. The van der Waals surface area contributed by atoms with Crippen LogP contribution in [0.1, 0.15) is 38.8 Å². The molecule has 0 aliphatic carbocycles. The summed E-state index contributed by atoms with van der Waals surface area (Å²) >= 11 is 6.22. The first-order valence-corrected chi connectivity index (χ1v) is 9.96. The molecule has 152 valence electrons. The largest absolute Gasteiger partial charge is 0.464 e. The van der Waals surface area contributed by atoms with E-state index in [-0.39, 0.29) is 11.4 Å². The number of ether oxygens (including phenoxy) is 1. The minimum atomic E-state index is 0.101. The zero-order valence-electron chi connectivity index (χ0n) is 17.2. The molecule has 0 unspecified atom stereocenters. The summed E-state index contributed by atoms with van der Waals surface area (Å²) in [6.07, 6.45) is 0. The molecule has 0 saturated heterocycles. The lowest BCUT2D eigenvalue weighted by Gasteiger charge is -2.19. The van der Waals surface area contributed by atoms with Crippen molar-refractivity contribution in [1.29, 1.82) is 0 Å². The van der Waals surface area contributed by atoms with E-state index >= 15 is 0 Å². The number of nitrogens with zero attached hydrogens (tertiary/aromatic N) is 3. The molecule has 3 rings (SSSR count).